The molecule has 0 bridgehead atoms. The second kappa shape index (κ2) is 12.1. The number of benzene rings is 2. The topological polar surface area (TPSA) is 49.3 Å². The Balaban J connectivity index is 0.00000341. The number of methoxy groups -OCH3 is 2. The van der Waals surface area contributed by atoms with Crippen LogP contribution in [0.4, 0.5) is 0 Å². The Labute approximate surface area is 203 Å². The van der Waals surface area contributed by atoms with Crippen LogP contribution in [0.25, 0.3) is 0 Å². The summed E-state index contributed by atoms with van der Waals surface area (Å²) in [6, 6.07) is 17.1. The van der Waals surface area contributed by atoms with Gasteiger partial charge in [-0.2, -0.15) is 0 Å². The lowest BCUT2D eigenvalue weighted by Gasteiger charge is -2.29. The molecule has 0 radical (unpaired) electrons. The van der Waals surface area contributed by atoms with Crippen LogP contribution in [0, 0.1) is 0 Å². The van der Waals surface area contributed by atoms with Crippen molar-refractivity contribution in [1.29, 1.82) is 0 Å². The van der Waals surface area contributed by atoms with E-state index in [9.17, 15) is 0 Å². The molecule has 1 fully saturated rings. The summed E-state index contributed by atoms with van der Waals surface area (Å²) in [6.45, 7) is 2.76. The molecule has 170 valence electrons. The number of hydrogen-bond donors (Lipinski definition) is 1. The number of nitrogens with zero attached hydrogens (tertiary/aromatic N) is 3. The molecule has 1 aliphatic heterocycles. The predicted octanol–water partition coefficient (Wildman–Crippen LogP) is 3.99. The maximum atomic E-state index is 5.49. The van der Waals surface area contributed by atoms with E-state index in [0.717, 1.165) is 43.5 Å². The van der Waals surface area contributed by atoms with Gasteiger partial charge in [-0.3, -0.25) is 4.99 Å². The Morgan fingerprint density at radius 1 is 1.13 bits per heavy atom. The Hall–Kier alpha value is -2.00. The van der Waals surface area contributed by atoms with Crippen molar-refractivity contribution < 1.29 is 9.47 Å². The average molecular weight is 538 g/mol. The molecule has 31 heavy (non-hydrogen) atoms. The van der Waals surface area contributed by atoms with Crippen LogP contribution in [-0.4, -0.2) is 70.8 Å². The van der Waals surface area contributed by atoms with Crippen molar-refractivity contribution in [3.8, 4) is 11.5 Å². The fraction of sp³-hybridized carbons (Fsp3) is 0.458. The Kier molecular flexibility index (Phi) is 9.90. The minimum absolute atomic E-state index is 0. The quantitative estimate of drug-likeness (QED) is 0.328. The number of hydrogen-bond acceptors (Lipinski definition) is 4. The van der Waals surface area contributed by atoms with Gasteiger partial charge >= 0.3 is 0 Å². The van der Waals surface area contributed by atoms with E-state index in [1.54, 1.807) is 14.2 Å². The molecule has 0 spiro atoms. The van der Waals surface area contributed by atoms with Gasteiger partial charge in [-0.1, -0.05) is 36.4 Å². The van der Waals surface area contributed by atoms with Crippen molar-refractivity contribution in [2.75, 3.05) is 55.0 Å². The van der Waals surface area contributed by atoms with E-state index in [1.165, 1.54) is 11.1 Å². The van der Waals surface area contributed by atoms with Crippen LogP contribution < -0.4 is 14.8 Å². The third-order valence-electron chi connectivity index (χ3n) is 5.84. The van der Waals surface area contributed by atoms with Crippen molar-refractivity contribution in [2.24, 2.45) is 4.99 Å². The lowest BCUT2D eigenvalue weighted by Crippen LogP contribution is -2.43. The van der Waals surface area contributed by atoms with Crippen LogP contribution in [0.15, 0.2) is 53.5 Å². The van der Waals surface area contributed by atoms with E-state index >= 15 is 0 Å². The van der Waals surface area contributed by atoms with Crippen molar-refractivity contribution in [1.82, 2.24) is 15.1 Å². The van der Waals surface area contributed by atoms with Crippen molar-refractivity contribution in [2.45, 2.75) is 18.4 Å². The second-order valence-electron chi connectivity index (χ2n) is 7.86. The van der Waals surface area contributed by atoms with Crippen molar-refractivity contribution >= 4 is 29.9 Å². The predicted molar refractivity (Wildman–Crippen MR) is 138 cm³/mol. The summed E-state index contributed by atoms with van der Waals surface area (Å²) in [6.07, 6.45) is 1.15. The van der Waals surface area contributed by atoms with Gasteiger partial charge in [0.25, 0.3) is 0 Å². The van der Waals surface area contributed by atoms with Crippen molar-refractivity contribution in [3.05, 3.63) is 59.7 Å². The zero-order chi connectivity index (χ0) is 21.5. The van der Waals surface area contributed by atoms with Gasteiger partial charge < -0.3 is 24.6 Å². The van der Waals surface area contributed by atoms with Crippen LogP contribution in [0.3, 0.4) is 0 Å². The highest BCUT2D eigenvalue weighted by Crippen LogP contribution is 2.31. The van der Waals surface area contributed by atoms with E-state index < -0.39 is 0 Å². The zero-order valence-electron chi connectivity index (χ0n) is 19.2. The third-order valence-corrected chi connectivity index (χ3v) is 5.84. The first-order valence-electron chi connectivity index (χ1n) is 10.5. The number of guanidine groups is 1. The average Bonchev–Trinajstić information content (AvgIpc) is 3.26. The molecule has 2 atom stereocenters. The first-order chi connectivity index (χ1) is 14.6. The lowest BCUT2D eigenvalue weighted by molar-refractivity contribution is 0.293. The maximum absolute atomic E-state index is 5.49. The fourth-order valence-electron chi connectivity index (χ4n) is 4.13. The molecule has 1 heterocycles. The maximum Gasteiger partial charge on any atom is 0.193 e. The Bertz CT molecular complexity index is 845. The first-order valence-corrected chi connectivity index (χ1v) is 10.5. The summed E-state index contributed by atoms with van der Waals surface area (Å²) < 4.78 is 10.9. The molecule has 7 heteroatoms. The van der Waals surface area contributed by atoms with Gasteiger partial charge in [-0.25, -0.2) is 0 Å². The molecule has 0 amide bonds. The van der Waals surface area contributed by atoms with Crippen LogP contribution in [0.1, 0.15) is 29.5 Å². The SMILES string of the molecule is CN=C(NCC(c1ccc(OC)c(OC)c1)N(C)C)N1CCC(c2ccccc2)C1.I. The van der Waals surface area contributed by atoms with Gasteiger partial charge in [0.2, 0.25) is 0 Å². The lowest BCUT2D eigenvalue weighted by atomic mass is 9.99. The normalized spacial score (nSPS) is 17.3. The van der Waals surface area contributed by atoms with E-state index in [4.69, 9.17) is 9.47 Å². The summed E-state index contributed by atoms with van der Waals surface area (Å²) in [5, 5.41) is 3.59. The van der Waals surface area contributed by atoms with Gasteiger partial charge in [0.1, 0.15) is 0 Å². The molecular weight excluding hydrogens is 503 g/mol. The highest BCUT2D eigenvalue weighted by molar-refractivity contribution is 14.0. The zero-order valence-corrected chi connectivity index (χ0v) is 21.5. The number of rotatable bonds is 7. The number of aliphatic imine (C=N–C) groups is 1. The molecule has 2 aromatic rings. The number of likely N-dealkylation sites (tertiary alicyclic amines) is 1. The molecular formula is C24H35IN4O2. The van der Waals surface area contributed by atoms with Gasteiger partial charge in [-0.15, -0.1) is 24.0 Å². The molecule has 3 rings (SSSR count). The molecule has 1 N–H and O–H groups in total. The smallest absolute Gasteiger partial charge is 0.193 e. The fourth-order valence-corrected chi connectivity index (χ4v) is 4.13. The molecule has 2 unspecified atom stereocenters. The molecule has 1 aliphatic rings. The monoisotopic (exact) mass is 538 g/mol. The van der Waals surface area contributed by atoms with Gasteiger partial charge in [0.15, 0.2) is 17.5 Å². The largest absolute Gasteiger partial charge is 0.493 e. The molecule has 0 aliphatic carbocycles. The van der Waals surface area contributed by atoms with Gasteiger partial charge in [0, 0.05) is 32.6 Å². The molecule has 1 saturated heterocycles. The van der Waals surface area contributed by atoms with Crippen LogP contribution >= 0.6 is 24.0 Å². The summed E-state index contributed by atoms with van der Waals surface area (Å²) in [7, 11) is 9.37. The number of nitrogens with one attached hydrogen (secondary N) is 1. The first kappa shape index (κ1) is 25.3. The Morgan fingerprint density at radius 3 is 2.45 bits per heavy atom. The standard InChI is InChI=1S/C24H34N4O2.HI/c1-25-24(28-14-13-20(17-28)18-9-7-6-8-10-18)26-16-21(27(2)3)19-11-12-22(29-4)23(15-19)30-5;/h6-12,15,20-21H,13-14,16-17H2,1-5H3,(H,25,26);1H. The molecule has 0 saturated carbocycles. The van der Waals surface area contributed by atoms with Crippen LogP contribution in [-0.2, 0) is 0 Å². The van der Waals surface area contributed by atoms with Gasteiger partial charge in [-0.05, 0) is 43.8 Å². The minimum atomic E-state index is 0. The summed E-state index contributed by atoms with van der Waals surface area (Å²) in [4.78, 5) is 9.12. The molecule has 2 aromatic carbocycles. The second-order valence-corrected chi connectivity index (χ2v) is 7.86. The Morgan fingerprint density at radius 2 is 1.84 bits per heavy atom. The van der Waals surface area contributed by atoms with Crippen LogP contribution in [0.2, 0.25) is 0 Å². The van der Waals surface area contributed by atoms with E-state index in [1.807, 2.05) is 13.1 Å². The number of likely N-dealkylation sites (N-methyl/N-ethyl adjacent to an activating group) is 1. The van der Waals surface area contributed by atoms with Crippen LogP contribution in [0.5, 0.6) is 11.5 Å². The summed E-state index contributed by atoms with van der Waals surface area (Å²) >= 11 is 0. The summed E-state index contributed by atoms with van der Waals surface area (Å²) in [5.41, 5.74) is 2.58. The van der Waals surface area contributed by atoms with Gasteiger partial charge in [0.05, 0.1) is 20.3 Å². The van der Waals surface area contributed by atoms with E-state index in [0.29, 0.717) is 5.92 Å². The third kappa shape index (κ3) is 6.26. The molecule has 0 aromatic heterocycles. The van der Waals surface area contributed by atoms with Crippen molar-refractivity contribution in [3.63, 3.8) is 0 Å². The number of ether oxygens (including phenoxy) is 2. The highest BCUT2D eigenvalue weighted by atomic mass is 127. The van der Waals surface area contributed by atoms with E-state index in [-0.39, 0.29) is 30.0 Å². The molecule has 6 nitrogen and oxygen atoms in total. The number of halogens is 1. The summed E-state index contributed by atoms with van der Waals surface area (Å²) in [5.74, 6) is 3.00. The van der Waals surface area contributed by atoms with E-state index in [2.05, 4.69) is 76.7 Å². The highest BCUT2D eigenvalue weighted by Gasteiger charge is 2.26. The minimum Gasteiger partial charge on any atom is -0.493 e.